The maximum atomic E-state index is 11.8. The molecule has 0 radical (unpaired) electrons. The zero-order valence-electron chi connectivity index (χ0n) is 8.52. The van der Waals surface area contributed by atoms with Crippen LogP contribution in [0.5, 0.6) is 5.75 Å². The number of nitrogens with zero attached hydrogens (tertiary/aromatic N) is 1. The Morgan fingerprint density at radius 3 is 2.87 bits per heavy atom. The van der Waals surface area contributed by atoms with Crippen LogP contribution in [0.15, 0.2) is 18.3 Å². The fourth-order valence-corrected chi connectivity index (χ4v) is 2.47. The molecule has 0 saturated carbocycles. The van der Waals surface area contributed by atoms with Crippen LogP contribution in [0.25, 0.3) is 10.2 Å². The Morgan fingerprint density at radius 2 is 2.27 bits per heavy atom. The lowest BCUT2D eigenvalue weighted by atomic mass is 10.1. The first-order valence-corrected chi connectivity index (χ1v) is 5.53. The van der Waals surface area contributed by atoms with Gasteiger partial charge in [-0.25, -0.2) is 4.98 Å². The molecule has 0 saturated heterocycles. The van der Waals surface area contributed by atoms with Gasteiger partial charge in [0.1, 0.15) is 15.5 Å². The molecule has 2 aromatic rings. The van der Waals surface area contributed by atoms with Crippen molar-refractivity contribution in [2.24, 2.45) is 5.92 Å². The van der Waals surface area contributed by atoms with E-state index in [0.717, 1.165) is 0 Å². The van der Waals surface area contributed by atoms with Crippen molar-refractivity contribution in [3.8, 4) is 5.75 Å². The minimum Gasteiger partial charge on any atom is -0.506 e. The third-order valence-corrected chi connectivity index (χ3v) is 3.31. The number of carbonyl (C=O) groups excluding carboxylic acids is 1. The van der Waals surface area contributed by atoms with E-state index in [1.807, 2.05) is 13.8 Å². The average molecular weight is 221 g/mol. The third-order valence-electron chi connectivity index (χ3n) is 2.19. The zero-order valence-corrected chi connectivity index (χ0v) is 9.34. The third kappa shape index (κ3) is 1.61. The van der Waals surface area contributed by atoms with E-state index in [-0.39, 0.29) is 17.5 Å². The molecule has 0 bridgehead atoms. The summed E-state index contributed by atoms with van der Waals surface area (Å²) in [5.74, 6) is -0.0683. The highest BCUT2D eigenvalue weighted by Crippen LogP contribution is 2.36. The van der Waals surface area contributed by atoms with Crippen molar-refractivity contribution in [2.75, 3.05) is 0 Å². The number of carbonyl (C=O) groups is 1. The van der Waals surface area contributed by atoms with E-state index >= 15 is 0 Å². The van der Waals surface area contributed by atoms with E-state index in [1.54, 1.807) is 18.3 Å². The van der Waals surface area contributed by atoms with Gasteiger partial charge in [0.25, 0.3) is 0 Å². The summed E-state index contributed by atoms with van der Waals surface area (Å²) in [6.45, 7) is 3.64. The van der Waals surface area contributed by atoms with E-state index in [0.29, 0.717) is 15.1 Å². The molecule has 0 aliphatic rings. The van der Waals surface area contributed by atoms with Crippen molar-refractivity contribution in [3.05, 3.63) is 23.2 Å². The Labute approximate surface area is 91.4 Å². The van der Waals surface area contributed by atoms with Crippen LogP contribution < -0.4 is 0 Å². The van der Waals surface area contributed by atoms with Crippen LogP contribution in [0.4, 0.5) is 0 Å². The number of pyridine rings is 1. The topological polar surface area (TPSA) is 50.2 Å². The van der Waals surface area contributed by atoms with Crippen LogP contribution in [0.2, 0.25) is 0 Å². The van der Waals surface area contributed by atoms with Gasteiger partial charge in [-0.1, -0.05) is 13.8 Å². The molecule has 0 aromatic carbocycles. The predicted octanol–water partition coefficient (Wildman–Crippen LogP) is 2.84. The maximum absolute atomic E-state index is 11.8. The first-order chi connectivity index (χ1) is 7.11. The number of hydrogen-bond acceptors (Lipinski definition) is 4. The molecule has 0 fully saturated rings. The van der Waals surface area contributed by atoms with Crippen LogP contribution in [0, 0.1) is 5.92 Å². The second kappa shape index (κ2) is 3.62. The quantitative estimate of drug-likeness (QED) is 0.793. The molecule has 2 heterocycles. The van der Waals surface area contributed by atoms with Gasteiger partial charge in [-0.15, -0.1) is 11.3 Å². The molecule has 2 aromatic heterocycles. The van der Waals surface area contributed by atoms with Crippen molar-refractivity contribution in [1.29, 1.82) is 0 Å². The Morgan fingerprint density at radius 1 is 1.53 bits per heavy atom. The van der Waals surface area contributed by atoms with Gasteiger partial charge in [0.2, 0.25) is 0 Å². The van der Waals surface area contributed by atoms with Crippen molar-refractivity contribution in [1.82, 2.24) is 4.98 Å². The summed E-state index contributed by atoms with van der Waals surface area (Å²) in [6.07, 6.45) is 1.65. The smallest absolute Gasteiger partial charge is 0.179 e. The number of Topliss-reactive ketones (excluding diaryl/α,β-unsaturated/α-hetero) is 1. The standard InChI is InChI=1S/C11H11NO2S/c1-6(2)8(13)10-9(14)7-4-3-5-12-11(7)15-10/h3-6,14H,1-2H3. The molecule has 1 N–H and O–H groups in total. The normalized spacial score (nSPS) is 11.1. The zero-order chi connectivity index (χ0) is 11.0. The average Bonchev–Trinajstić information content (AvgIpc) is 2.56. The molecule has 0 aliphatic carbocycles. The van der Waals surface area contributed by atoms with E-state index in [9.17, 15) is 9.90 Å². The number of aromatic hydroxyl groups is 1. The number of fused-ring (bicyclic) bond motifs is 1. The van der Waals surface area contributed by atoms with Gasteiger partial charge in [0, 0.05) is 12.1 Å². The number of aromatic nitrogens is 1. The van der Waals surface area contributed by atoms with Crippen molar-refractivity contribution < 1.29 is 9.90 Å². The lowest BCUT2D eigenvalue weighted by Crippen LogP contribution is -2.04. The Balaban J connectivity index is 2.63. The molecule has 4 heteroatoms. The minimum absolute atomic E-state index is 0.0319. The summed E-state index contributed by atoms with van der Waals surface area (Å²) in [4.78, 5) is 17.0. The molecule has 15 heavy (non-hydrogen) atoms. The van der Waals surface area contributed by atoms with Crippen LogP contribution in [-0.2, 0) is 0 Å². The SMILES string of the molecule is CC(C)C(=O)c1sc2ncccc2c1O. The summed E-state index contributed by atoms with van der Waals surface area (Å²) in [5, 5.41) is 10.5. The van der Waals surface area contributed by atoms with E-state index in [4.69, 9.17) is 0 Å². The van der Waals surface area contributed by atoms with Crippen LogP contribution in [-0.4, -0.2) is 15.9 Å². The minimum atomic E-state index is -0.107. The first-order valence-electron chi connectivity index (χ1n) is 4.72. The van der Waals surface area contributed by atoms with Gasteiger partial charge in [-0.3, -0.25) is 4.79 Å². The largest absolute Gasteiger partial charge is 0.506 e. The Bertz CT molecular complexity index is 516. The summed E-state index contributed by atoms with van der Waals surface area (Å²) >= 11 is 1.25. The van der Waals surface area contributed by atoms with E-state index < -0.39 is 0 Å². The second-order valence-electron chi connectivity index (χ2n) is 3.65. The van der Waals surface area contributed by atoms with Gasteiger partial charge < -0.3 is 5.11 Å². The second-order valence-corrected chi connectivity index (χ2v) is 4.65. The molecule has 0 atom stereocenters. The van der Waals surface area contributed by atoms with Crippen LogP contribution in [0.3, 0.4) is 0 Å². The molecular weight excluding hydrogens is 210 g/mol. The van der Waals surface area contributed by atoms with E-state index in [2.05, 4.69) is 4.98 Å². The van der Waals surface area contributed by atoms with Crippen molar-refractivity contribution in [2.45, 2.75) is 13.8 Å². The maximum Gasteiger partial charge on any atom is 0.179 e. The lowest BCUT2D eigenvalue weighted by Gasteiger charge is -2.00. The monoisotopic (exact) mass is 221 g/mol. The highest BCUT2D eigenvalue weighted by molar-refractivity contribution is 7.20. The fraction of sp³-hybridized carbons (Fsp3) is 0.273. The molecule has 78 valence electrons. The molecule has 0 amide bonds. The van der Waals surface area contributed by atoms with Gasteiger partial charge in [-0.05, 0) is 12.1 Å². The summed E-state index contributed by atoms with van der Waals surface area (Å²) in [5.41, 5.74) is 0. The van der Waals surface area contributed by atoms with E-state index in [1.165, 1.54) is 11.3 Å². The molecule has 0 aliphatic heterocycles. The van der Waals surface area contributed by atoms with Crippen molar-refractivity contribution in [3.63, 3.8) is 0 Å². The fourth-order valence-electron chi connectivity index (χ4n) is 1.35. The molecule has 3 nitrogen and oxygen atoms in total. The first kappa shape index (κ1) is 10.1. The summed E-state index contributed by atoms with van der Waals surface area (Å²) in [6, 6.07) is 3.52. The predicted molar refractivity (Wildman–Crippen MR) is 60.5 cm³/mol. The Hall–Kier alpha value is -1.42. The lowest BCUT2D eigenvalue weighted by molar-refractivity contribution is 0.0941. The Kier molecular flexibility index (Phi) is 2.44. The van der Waals surface area contributed by atoms with Gasteiger partial charge in [-0.2, -0.15) is 0 Å². The van der Waals surface area contributed by atoms with Crippen LogP contribution in [0.1, 0.15) is 23.5 Å². The molecular formula is C11H11NO2S. The number of rotatable bonds is 2. The number of thiophene rings is 1. The number of ketones is 1. The van der Waals surface area contributed by atoms with Gasteiger partial charge in [0.05, 0.1) is 5.39 Å². The molecule has 0 spiro atoms. The highest BCUT2D eigenvalue weighted by Gasteiger charge is 2.20. The van der Waals surface area contributed by atoms with Gasteiger partial charge in [0.15, 0.2) is 5.78 Å². The van der Waals surface area contributed by atoms with Gasteiger partial charge >= 0.3 is 0 Å². The van der Waals surface area contributed by atoms with Crippen LogP contribution >= 0.6 is 11.3 Å². The molecule has 2 rings (SSSR count). The van der Waals surface area contributed by atoms with Crippen molar-refractivity contribution >= 4 is 27.3 Å². The summed E-state index contributed by atoms with van der Waals surface area (Å²) in [7, 11) is 0. The number of hydrogen-bond donors (Lipinski definition) is 1. The summed E-state index contributed by atoms with van der Waals surface area (Å²) < 4.78 is 0. The molecule has 0 unspecified atom stereocenters. The highest BCUT2D eigenvalue weighted by atomic mass is 32.1.